The molecule has 1 aromatic carbocycles. The van der Waals surface area contributed by atoms with Crippen molar-refractivity contribution in [3.05, 3.63) is 81.2 Å². The van der Waals surface area contributed by atoms with Crippen molar-refractivity contribution < 1.29 is 9.50 Å². The summed E-state index contributed by atoms with van der Waals surface area (Å²) < 4.78 is 17.2. The highest BCUT2D eigenvalue weighted by Gasteiger charge is 2.31. The van der Waals surface area contributed by atoms with E-state index < -0.39 is 0 Å². The Morgan fingerprint density at radius 3 is 2.79 bits per heavy atom. The topological polar surface area (TPSA) is 85.0 Å². The number of hydrogen-bond acceptors (Lipinski definition) is 5. The van der Waals surface area contributed by atoms with Crippen LogP contribution in [0.3, 0.4) is 0 Å². The highest BCUT2D eigenvalue weighted by Crippen LogP contribution is 2.35. The van der Waals surface area contributed by atoms with Gasteiger partial charge in [0.1, 0.15) is 11.6 Å². The lowest BCUT2D eigenvalue weighted by molar-refractivity contribution is 0.263. The van der Waals surface area contributed by atoms with Gasteiger partial charge in [0.15, 0.2) is 0 Å². The Balaban J connectivity index is 1.54. The van der Waals surface area contributed by atoms with Gasteiger partial charge < -0.3 is 10.4 Å². The Bertz CT molecular complexity index is 1400. The minimum atomic E-state index is -0.318. The van der Waals surface area contributed by atoms with Gasteiger partial charge >= 0.3 is 0 Å². The van der Waals surface area contributed by atoms with Gasteiger partial charge in [-0.05, 0) is 37.8 Å². The van der Waals surface area contributed by atoms with Crippen LogP contribution in [0.4, 0.5) is 10.2 Å². The smallest absolute Gasteiger partial charge is 0.266 e. The van der Waals surface area contributed by atoms with E-state index in [1.54, 1.807) is 35.1 Å². The van der Waals surface area contributed by atoms with E-state index in [9.17, 15) is 14.3 Å². The summed E-state index contributed by atoms with van der Waals surface area (Å²) in [5.41, 5.74) is 2.05. The van der Waals surface area contributed by atoms with Crippen molar-refractivity contribution in [2.24, 2.45) is 5.92 Å². The van der Waals surface area contributed by atoms with Crippen LogP contribution in [0.2, 0.25) is 5.02 Å². The number of aliphatic hydroxyl groups is 1. The maximum absolute atomic E-state index is 14.1. The Labute approximate surface area is 194 Å². The first-order chi connectivity index (χ1) is 16.0. The van der Waals surface area contributed by atoms with Crippen LogP contribution < -0.4 is 10.9 Å². The molecule has 0 aliphatic heterocycles. The average molecular weight is 468 g/mol. The number of hydrogen-bond donors (Lipinski definition) is 2. The van der Waals surface area contributed by atoms with Crippen molar-refractivity contribution in [2.75, 3.05) is 11.9 Å². The Morgan fingerprint density at radius 2 is 2.06 bits per heavy atom. The molecule has 2 N–H and O–H groups in total. The number of nitrogens with one attached hydrogen (secondary N) is 1. The number of anilines is 1. The molecule has 3 aromatic heterocycles. The summed E-state index contributed by atoms with van der Waals surface area (Å²) in [5, 5.41) is 18.1. The van der Waals surface area contributed by atoms with E-state index in [1.807, 2.05) is 6.92 Å². The molecular formula is C24H23ClFN5O2. The number of aliphatic hydroxyl groups excluding tert-OH is 1. The zero-order valence-corrected chi connectivity index (χ0v) is 18.8. The maximum Gasteiger partial charge on any atom is 0.266 e. The summed E-state index contributed by atoms with van der Waals surface area (Å²) in [7, 11) is 0. The molecule has 0 amide bonds. The van der Waals surface area contributed by atoms with Gasteiger partial charge in [-0.2, -0.15) is 5.10 Å². The van der Waals surface area contributed by atoms with Crippen LogP contribution in [0.25, 0.3) is 16.6 Å². The fraction of sp³-hybridized carbons (Fsp3) is 0.292. The van der Waals surface area contributed by atoms with E-state index in [1.165, 1.54) is 23.0 Å². The maximum atomic E-state index is 14.1. The third-order valence-electron chi connectivity index (χ3n) is 6.18. The molecular weight excluding hydrogens is 445 g/mol. The Hall–Kier alpha value is -3.23. The second-order valence-corrected chi connectivity index (χ2v) is 8.79. The molecule has 3 heterocycles. The molecule has 33 heavy (non-hydrogen) atoms. The van der Waals surface area contributed by atoms with Gasteiger partial charge in [0.05, 0.1) is 53.2 Å². The minimum Gasteiger partial charge on any atom is -0.394 e. The van der Waals surface area contributed by atoms with Gasteiger partial charge in [0, 0.05) is 17.3 Å². The standard InChI is InChI=1S/C24H23ClFN5O2/c1-14-22(18(25)11-27-23(14)29-20(13-32)15-6-7-15)30-9-8-21-17(24(30)33)10-28-31(21)12-16-4-2-3-5-19(16)26/h2-5,8-11,15,20,32H,6-7,12-13H2,1H3,(H,27,29)/t20-/m1/s1. The normalized spacial score (nSPS) is 14.5. The van der Waals surface area contributed by atoms with Crippen molar-refractivity contribution in [2.45, 2.75) is 32.4 Å². The number of fused-ring (bicyclic) bond motifs is 1. The second-order valence-electron chi connectivity index (χ2n) is 8.38. The average Bonchev–Trinajstić information content (AvgIpc) is 3.57. The quantitative estimate of drug-likeness (QED) is 0.430. The van der Waals surface area contributed by atoms with Gasteiger partial charge in [-0.25, -0.2) is 9.37 Å². The molecule has 4 aromatic rings. The van der Waals surface area contributed by atoms with Gasteiger partial charge in [-0.15, -0.1) is 0 Å². The summed E-state index contributed by atoms with van der Waals surface area (Å²) >= 11 is 6.47. The zero-order chi connectivity index (χ0) is 23.1. The third-order valence-corrected chi connectivity index (χ3v) is 6.46. The fourth-order valence-electron chi connectivity index (χ4n) is 4.17. The van der Waals surface area contributed by atoms with E-state index in [-0.39, 0.29) is 30.6 Å². The molecule has 0 unspecified atom stereocenters. The summed E-state index contributed by atoms with van der Waals surface area (Å²) in [6, 6.07) is 8.19. The van der Waals surface area contributed by atoms with Gasteiger partial charge in [-0.3, -0.25) is 14.0 Å². The lowest BCUT2D eigenvalue weighted by Gasteiger charge is -2.20. The largest absolute Gasteiger partial charge is 0.394 e. The van der Waals surface area contributed by atoms with Crippen LogP contribution >= 0.6 is 11.6 Å². The molecule has 0 radical (unpaired) electrons. The first kappa shape index (κ1) is 21.6. The van der Waals surface area contributed by atoms with Crippen molar-refractivity contribution >= 4 is 28.3 Å². The van der Waals surface area contributed by atoms with Crippen molar-refractivity contribution in [3.63, 3.8) is 0 Å². The Morgan fingerprint density at radius 1 is 1.27 bits per heavy atom. The first-order valence-corrected chi connectivity index (χ1v) is 11.2. The van der Waals surface area contributed by atoms with E-state index in [0.29, 0.717) is 44.5 Å². The van der Waals surface area contributed by atoms with Crippen LogP contribution in [0.5, 0.6) is 0 Å². The molecule has 0 spiro atoms. The van der Waals surface area contributed by atoms with Crippen molar-refractivity contribution in [3.8, 4) is 5.69 Å². The van der Waals surface area contributed by atoms with E-state index in [4.69, 9.17) is 11.6 Å². The summed E-state index contributed by atoms with van der Waals surface area (Å²) in [5.74, 6) is 0.693. The molecule has 1 atom stereocenters. The lowest BCUT2D eigenvalue weighted by atomic mass is 10.1. The second kappa shape index (κ2) is 8.61. The molecule has 0 bridgehead atoms. The molecule has 7 nitrogen and oxygen atoms in total. The number of benzene rings is 1. The number of rotatable bonds is 7. The number of aromatic nitrogens is 4. The monoisotopic (exact) mass is 467 g/mol. The fourth-order valence-corrected chi connectivity index (χ4v) is 4.45. The van der Waals surface area contributed by atoms with Crippen LogP contribution in [0.1, 0.15) is 24.0 Å². The number of nitrogens with zero attached hydrogens (tertiary/aromatic N) is 4. The van der Waals surface area contributed by atoms with Crippen LogP contribution in [0, 0.1) is 18.7 Å². The predicted octanol–water partition coefficient (Wildman–Crippen LogP) is 3.91. The third kappa shape index (κ3) is 4.00. The van der Waals surface area contributed by atoms with Crippen LogP contribution in [-0.2, 0) is 6.54 Å². The summed E-state index contributed by atoms with van der Waals surface area (Å²) in [6.07, 6.45) is 6.79. The van der Waals surface area contributed by atoms with Gasteiger partial charge in [-0.1, -0.05) is 29.8 Å². The molecule has 1 saturated carbocycles. The van der Waals surface area contributed by atoms with E-state index in [2.05, 4.69) is 15.4 Å². The van der Waals surface area contributed by atoms with Gasteiger partial charge in [0.25, 0.3) is 5.56 Å². The molecule has 1 fully saturated rings. The molecule has 9 heteroatoms. The highest BCUT2D eigenvalue weighted by atomic mass is 35.5. The molecule has 5 rings (SSSR count). The zero-order valence-electron chi connectivity index (χ0n) is 18.0. The Kier molecular flexibility index (Phi) is 5.64. The predicted molar refractivity (Wildman–Crippen MR) is 126 cm³/mol. The van der Waals surface area contributed by atoms with E-state index >= 15 is 0 Å². The molecule has 0 saturated heterocycles. The minimum absolute atomic E-state index is 0.0108. The van der Waals surface area contributed by atoms with Crippen LogP contribution in [0.15, 0.2) is 53.7 Å². The SMILES string of the molecule is Cc1c(N[C@H](CO)C2CC2)ncc(Cl)c1-n1ccc2c(cnn2Cc2ccccc2F)c1=O. The van der Waals surface area contributed by atoms with Crippen molar-refractivity contribution in [1.82, 2.24) is 19.3 Å². The molecule has 1 aliphatic rings. The summed E-state index contributed by atoms with van der Waals surface area (Å²) in [4.78, 5) is 17.8. The van der Waals surface area contributed by atoms with Crippen molar-refractivity contribution in [1.29, 1.82) is 0 Å². The van der Waals surface area contributed by atoms with Gasteiger partial charge in [0.2, 0.25) is 0 Å². The molecule has 1 aliphatic carbocycles. The first-order valence-electron chi connectivity index (χ1n) is 10.8. The number of halogens is 2. The van der Waals surface area contributed by atoms with Crippen LogP contribution in [-0.4, -0.2) is 37.1 Å². The summed E-state index contributed by atoms with van der Waals surface area (Å²) in [6.45, 7) is 2.07. The molecule has 170 valence electrons. The lowest BCUT2D eigenvalue weighted by Crippen LogP contribution is -2.27. The van der Waals surface area contributed by atoms with E-state index in [0.717, 1.165) is 12.8 Å². The highest BCUT2D eigenvalue weighted by molar-refractivity contribution is 6.32. The number of pyridine rings is 2.